The Balaban J connectivity index is 2.63. The van der Waals surface area contributed by atoms with Gasteiger partial charge in [-0.15, -0.1) is 10.2 Å². The summed E-state index contributed by atoms with van der Waals surface area (Å²) in [6.07, 6.45) is 3.99. The molecule has 0 aliphatic carbocycles. The lowest BCUT2D eigenvalue weighted by molar-refractivity contribution is 0.505. The van der Waals surface area contributed by atoms with Gasteiger partial charge in [0.1, 0.15) is 12.2 Å². The van der Waals surface area contributed by atoms with Crippen molar-refractivity contribution in [3.63, 3.8) is 0 Å². The lowest BCUT2D eigenvalue weighted by Crippen LogP contribution is -2.07. The fraction of sp³-hybridized carbons (Fsp3) is 0.778. The van der Waals surface area contributed by atoms with E-state index in [0.29, 0.717) is 5.92 Å². The van der Waals surface area contributed by atoms with Crippen LogP contribution in [0.3, 0.4) is 0 Å². The van der Waals surface area contributed by atoms with E-state index >= 15 is 0 Å². The van der Waals surface area contributed by atoms with Crippen molar-refractivity contribution < 1.29 is 0 Å². The Hall–Kier alpha value is -0.860. The van der Waals surface area contributed by atoms with Gasteiger partial charge in [0.2, 0.25) is 0 Å². The van der Waals surface area contributed by atoms with Gasteiger partial charge in [0, 0.05) is 13.0 Å². The van der Waals surface area contributed by atoms with Crippen molar-refractivity contribution >= 4 is 0 Å². The molecule has 0 unspecified atom stereocenters. The van der Waals surface area contributed by atoms with Crippen LogP contribution in [0.15, 0.2) is 6.33 Å². The topological polar surface area (TPSA) is 30.7 Å². The fourth-order valence-corrected chi connectivity index (χ4v) is 1.24. The second-order valence-corrected chi connectivity index (χ2v) is 3.54. The van der Waals surface area contributed by atoms with Crippen LogP contribution in [0.2, 0.25) is 0 Å². The minimum Gasteiger partial charge on any atom is -0.317 e. The summed E-state index contributed by atoms with van der Waals surface area (Å²) in [7, 11) is 0. The minimum atomic E-state index is 0.664. The van der Waals surface area contributed by atoms with E-state index in [1.165, 1.54) is 0 Å². The first-order chi connectivity index (χ1) is 5.74. The molecule has 1 aromatic rings. The predicted molar refractivity (Wildman–Crippen MR) is 48.9 cm³/mol. The van der Waals surface area contributed by atoms with Crippen LogP contribution in [0.25, 0.3) is 0 Å². The van der Waals surface area contributed by atoms with Crippen LogP contribution < -0.4 is 0 Å². The molecule has 0 atom stereocenters. The van der Waals surface area contributed by atoms with Gasteiger partial charge in [-0.2, -0.15) is 0 Å². The second-order valence-electron chi connectivity index (χ2n) is 3.54. The molecule has 1 heterocycles. The molecule has 68 valence electrons. The molecule has 12 heavy (non-hydrogen) atoms. The van der Waals surface area contributed by atoms with Gasteiger partial charge < -0.3 is 4.57 Å². The zero-order valence-corrected chi connectivity index (χ0v) is 8.12. The van der Waals surface area contributed by atoms with Crippen LogP contribution in [0, 0.1) is 5.92 Å². The van der Waals surface area contributed by atoms with Gasteiger partial charge in [-0.25, -0.2) is 0 Å². The van der Waals surface area contributed by atoms with Crippen molar-refractivity contribution in [2.24, 2.45) is 5.92 Å². The summed E-state index contributed by atoms with van der Waals surface area (Å²) >= 11 is 0. The summed E-state index contributed by atoms with van der Waals surface area (Å²) in [5.41, 5.74) is 0. The lowest BCUT2D eigenvalue weighted by Gasteiger charge is -2.07. The first kappa shape index (κ1) is 9.23. The predicted octanol–water partition coefficient (Wildman–Crippen LogP) is 1.89. The zero-order valence-electron chi connectivity index (χ0n) is 8.12. The lowest BCUT2D eigenvalue weighted by atomic mass is 10.2. The van der Waals surface area contributed by atoms with E-state index in [1.807, 2.05) is 6.33 Å². The summed E-state index contributed by atoms with van der Waals surface area (Å²) in [6.45, 7) is 7.60. The van der Waals surface area contributed by atoms with Gasteiger partial charge in [-0.3, -0.25) is 0 Å². The molecule has 0 spiro atoms. The van der Waals surface area contributed by atoms with E-state index in [-0.39, 0.29) is 0 Å². The van der Waals surface area contributed by atoms with E-state index in [4.69, 9.17) is 0 Å². The van der Waals surface area contributed by atoms with E-state index in [1.54, 1.807) is 0 Å². The number of hydrogen-bond acceptors (Lipinski definition) is 2. The fourth-order valence-electron chi connectivity index (χ4n) is 1.24. The molecule has 0 aromatic carbocycles. The van der Waals surface area contributed by atoms with Crippen molar-refractivity contribution in [2.45, 2.75) is 40.2 Å². The molecule has 1 aromatic heterocycles. The second kappa shape index (κ2) is 4.24. The summed E-state index contributed by atoms with van der Waals surface area (Å²) in [6, 6.07) is 0. The Morgan fingerprint density at radius 2 is 2.25 bits per heavy atom. The highest BCUT2D eigenvalue weighted by Gasteiger charge is 2.03. The molecule has 0 radical (unpaired) electrons. The highest BCUT2D eigenvalue weighted by atomic mass is 15.3. The molecule has 0 fully saturated rings. The molecule has 3 heteroatoms. The van der Waals surface area contributed by atoms with Crippen LogP contribution in [0.1, 0.15) is 33.0 Å². The minimum absolute atomic E-state index is 0.664. The molecule has 3 nitrogen and oxygen atoms in total. The van der Waals surface area contributed by atoms with Crippen molar-refractivity contribution in [3.8, 4) is 0 Å². The molecule has 0 aliphatic rings. The third kappa shape index (κ3) is 2.32. The third-order valence-electron chi connectivity index (χ3n) is 1.73. The maximum Gasteiger partial charge on any atom is 0.132 e. The number of rotatable bonds is 4. The molecular formula is C9H17N3. The quantitative estimate of drug-likeness (QED) is 0.685. The van der Waals surface area contributed by atoms with Gasteiger partial charge in [0.05, 0.1) is 0 Å². The molecule has 0 bridgehead atoms. The number of aromatic nitrogens is 3. The Kier molecular flexibility index (Phi) is 3.26. The normalized spacial score (nSPS) is 11.0. The van der Waals surface area contributed by atoms with Gasteiger partial charge in [-0.1, -0.05) is 20.8 Å². The Morgan fingerprint density at radius 3 is 2.83 bits per heavy atom. The highest BCUT2D eigenvalue weighted by Crippen LogP contribution is 2.03. The number of hydrogen-bond donors (Lipinski definition) is 0. The van der Waals surface area contributed by atoms with E-state index < -0.39 is 0 Å². The van der Waals surface area contributed by atoms with Crippen LogP contribution in [0.5, 0.6) is 0 Å². The van der Waals surface area contributed by atoms with Crippen molar-refractivity contribution in [2.75, 3.05) is 0 Å². The van der Waals surface area contributed by atoms with Gasteiger partial charge >= 0.3 is 0 Å². The molecule has 0 amide bonds. The van der Waals surface area contributed by atoms with Crippen LogP contribution in [-0.2, 0) is 13.0 Å². The van der Waals surface area contributed by atoms with Gasteiger partial charge in [-0.05, 0) is 12.3 Å². The SMILES string of the molecule is CCCc1nncn1CC(C)C. The molecule has 1 rings (SSSR count). The van der Waals surface area contributed by atoms with Crippen LogP contribution in [-0.4, -0.2) is 14.8 Å². The molecule has 0 saturated heterocycles. The zero-order chi connectivity index (χ0) is 8.97. The maximum atomic E-state index is 4.07. The summed E-state index contributed by atoms with van der Waals surface area (Å²) < 4.78 is 2.15. The van der Waals surface area contributed by atoms with E-state index in [2.05, 4.69) is 35.5 Å². The third-order valence-corrected chi connectivity index (χ3v) is 1.73. The van der Waals surface area contributed by atoms with Gasteiger partial charge in [0.25, 0.3) is 0 Å². The highest BCUT2D eigenvalue weighted by molar-refractivity contribution is 4.85. The summed E-state index contributed by atoms with van der Waals surface area (Å²) in [4.78, 5) is 0. The summed E-state index contributed by atoms with van der Waals surface area (Å²) in [5, 5.41) is 7.98. The van der Waals surface area contributed by atoms with Gasteiger partial charge in [0.15, 0.2) is 0 Å². The Morgan fingerprint density at radius 1 is 1.50 bits per heavy atom. The largest absolute Gasteiger partial charge is 0.317 e. The van der Waals surface area contributed by atoms with Crippen molar-refractivity contribution in [3.05, 3.63) is 12.2 Å². The average Bonchev–Trinajstić information content (AvgIpc) is 2.37. The monoisotopic (exact) mass is 167 g/mol. The van der Waals surface area contributed by atoms with E-state index in [0.717, 1.165) is 25.2 Å². The van der Waals surface area contributed by atoms with Crippen LogP contribution >= 0.6 is 0 Å². The molecule has 0 saturated carbocycles. The Bertz CT molecular complexity index is 227. The smallest absolute Gasteiger partial charge is 0.132 e. The first-order valence-electron chi connectivity index (χ1n) is 4.60. The Labute approximate surface area is 73.8 Å². The van der Waals surface area contributed by atoms with Crippen LogP contribution in [0.4, 0.5) is 0 Å². The summed E-state index contributed by atoms with van der Waals surface area (Å²) in [5.74, 6) is 1.78. The molecule has 0 aliphatic heterocycles. The van der Waals surface area contributed by atoms with Crippen molar-refractivity contribution in [1.82, 2.24) is 14.8 Å². The van der Waals surface area contributed by atoms with E-state index in [9.17, 15) is 0 Å². The molecule has 0 N–H and O–H groups in total. The maximum absolute atomic E-state index is 4.07. The van der Waals surface area contributed by atoms with Crippen molar-refractivity contribution in [1.29, 1.82) is 0 Å². The molecular weight excluding hydrogens is 150 g/mol. The first-order valence-corrected chi connectivity index (χ1v) is 4.60. The number of aryl methyl sites for hydroxylation is 1. The average molecular weight is 167 g/mol. The number of nitrogens with zero attached hydrogens (tertiary/aromatic N) is 3. The standard InChI is InChI=1S/C9H17N3/c1-4-5-9-11-10-7-12(9)6-8(2)3/h7-8H,4-6H2,1-3H3.